The second-order valence-electron chi connectivity index (χ2n) is 4.70. The van der Waals surface area contributed by atoms with Gasteiger partial charge in [-0.25, -0.2) is 4.79 Å². The summed E-state index contributed by atoms with van der Waals surface area (Å²) < 4.78 is 5.02. The van der Waals surface area contributed by atoms with Crippen molar-refractivity contribution in [2.45, 2.75) is 25.8 Å². The Morgan fingerprint density at radius 1 is 1.24 bits per heavy atom. The molecule has 1 N–H and O–H groups in total. The largest absolute Gasteiger partial charge is 0.450 e. The average molecular weight is 241 g/mol. The van der Waals surface area contributed by atoms with E-state index in [1.807, 2.05) is 11.8 Å². The molecule has 2 aliphatic rings. The maximum absolute atomic E-state index is 11.6. The molecular formula is C12H23N3O2. The van der Waals surface area contributed by atoms with Gasteiger partial charge in [-0.3, -0.25) is 4.90 Å². The lowest BCUT2D eigenvalue weighted by Crippen LogP contribution is -2.54. The Bertz CT molecular complexity index is 246. The van der Waals surface area contributed by atoms with Gasteiger partial charge < -0.3 is 15.0 Å². The highest BCUT2D eigenvalue weighted by Gasteiger charge is 2.27. The topological polar surface area (TPSA) is 44.8 Å². The molecule has 0 radical (unpaired) electrons. The lowest BCUT2D eigenvalue weighted by Gasteiger charge is -2.40. The van der Waals surface area contributed by atoms with Crippen LogP contribution in [0.3, 0.4) is 0 Å². The van der Waals surface area contributed by atoms with Gasteiger partial charge in [-0.15, -0.1) is 0 Å². The van der Waals surface area contributed by atoms with Crippen LogP contribution in [-0.2, 0) is 4.74 Å². The van der Waals surface area contributed by atoms with Crippen molar-refractivity contribution in [2.75, 3.05) is 45.9 Å². The maximum Gasteiger partial charge on any atom is 0.409 e. The van der Waals surface area contributed by atoms with E-state index in [-0.39, 0.29) is 6.09 Å². The third-order valence-electron chi connectivity index (χ3n) is 3.67. The van der Waals surface area contributed by atoms with Crippen LogP contribution >= 0.6 is 0 Å². The van der Waals surface area contributed by atoms with Crippen LogP contribution in [0, 0.1) is 0 Å². The molecule has 0 aromatic carbocycles. The molecule has 2 saturated heterocycles. The van der Waals surface area contributed by atoms with E-state index in [1.54, 1.807) is 0 Å². The number of carbonyl (C=O) groups is 1. The minimum atomic E-state index is -0.155. The second-order valence-corrected chi connectivity index (χ2v) is 4.70. The number of hydrogen-bond donors (Lipinski definition) is 1. The first-order valence-electron chi connectivity index (χ1n) is 6.67. The number of amides is 1. The molecule has 0 unspecified atom stereocenters. The van der Waals surface area contributed by atoms with Gasteiger partial charge in [0.15, 0.2) is 0 Å². The second kappa shape index (κ2) is 6.21. The van der Waals surface area contributed by atoms with Crippen LogP contribution < -0.4 is 5.32 Å². The monoisotopic (exact) mass is 241 g/mol. The molecule has 0 bridgehead atoms. The first-order chi connectivity index (χ1) is 8.31. The molecule has 5 nitrogen and oxygen atoms in total. The fourth-order valence-corrected chi connectivity index (χ4v) is 2.66. The fraction of sp³-hybridized carbons (Fsp3) is 0.917. The van der Waals surface area contributed by atoms with Crippen LogP contribution in [0.2, 0.25) is 0 Å². The molecule has 2 rings (SSSR count). The van der Waals surface area contributed by atoms with Crippen molar-refractivity contribution in [3.63, 3.8) is 0 Å². The molecule has 17 heavy (non-hydrogen) atoms. The van der Waals surface area contributed by atoms with E-state index >= 15 is 0 Å². The third-order valence-corrected chi connectivity index (χ3v) is 3.67. The molecule has 2 heterocycles. The molecule has 0 aromatic heterocycles. The van der Waals surface area contributed by atoms with E-state index in [4.69, 9.17) is 4.74 Å². The number of carbonyl (C=O) groups excluding carboxylic acids is 1. The number of nitrogens with zero attached hydrogens (tertiary/aromatic N) is 2. The SMILES string of the molecule is CCOC(=O)N1CCN(C2CCNCC2)CC1. The van der Waals surface area contributed by atoms with Crippen molar-refractivity contribution in [1.29, 1.82) is 0 Å². The first-order valence-corrected chi connectivity index (χ1v) is 6.67. The summed E-state index contributed by atoms with van der Waals surface area (Å²) in [6.45, 7) is 8.17. The first kappa shape index (κ1) is 12.6. The maximum atomic E-state index is 11.6. The number of nitrogens with one attached hydrogen (secondary N) is 1. The minimum absolute atomic E-state index is 0.155. The number of rotatable bonds is 2. The highest BCUT2D eigenvalue weighted by atomic mass is 16.6. The lowest BCUT2D eigenvalue weighted by molar-refractivity contribution is 0.0597. The number of piperazine rings is 1. The van der Waals surface area contributed by atoms with Crippen molar-refractivity contribution >= 4 is 6.09 Å². The van der Waals surface area contributed by atoms with Gasteiger partial charge in [-0.2, -0.15) is 0 Å². The summed E-state index contributed by atoms with van der Waals surface area (Å²) >= 11 is 0. The van der Waals surface area contributed by atoms with Gasteiger partial charge in [0.1, 0.15) is 0 Å². The van der Waals surface area contributed by atoms with Crippen molar-refractivity contribution in [3.05, 3.63) is 0 Å². The van der Waals surface area contributed by atoms with E-state index < -0.39 is 0 Å². The van der Waals surface area contributed by atoms with Crippen LogP contribution in [-0.4, -0.2) is 67.8 Å². The molecule has 2 fully saturated rings. The van der Waals surface area contributed by atoms with E-state index in [1.165, 1.54) is 12.8 Å². The predicted octanol–water partition coefficient (Wildman–Crippen LogP) is 0.513. The Morgan fingerprint density at radius 3 is 2.47 bits per heavy atom. The normalized spacial score (nSPS) is 23.7. The van der Waals surface area contributed by atoms with E-state index in [2.05, 4.69) is 10.2 Å². The molecule has 5 heteroatoms. The molecule has 0 saturated carbocycles. The highest BCUT2D eigenvalue weighted by molar-refractivity contribution is 5.67. The van der Waals surface area contributed by atoms with Gasteiger partial charge in [-0.1, -0.05) is 0 Å². The molecule has 0 aromatic rings. The van der Waals surface area contributed by atoms with Gasteiger partial charge in [0, 0.05) is 32.2 Å². The zero-order valence-electron chi connectivity index (χ0n) is 10.7. The molecular weight excluding hydrogens is 218 g/mol. The summed E-state index contributed by atoms with van der Waals surface area (Å²) in [6, 6.07) is 0.709. The summed E-state index contributed by atoms with van der Waals surface area (Å²) in [6.07, 6.45) is 2.32. The van der Waals surface area contributed by atoms with Crippen molar-refractivity contribution in [3.8, 4) is 0 Å². The predicted molar refractivity (Wildman–Crippen MR) is 66.1 cm³/mol. The zero-order valence-corrected chi connectivity index (χ0v) is 10.7. The molecule has 0 spiro atoms. The Kier molecular flexibility index (Phi) is 4.62. The summed E-state index contributed by atoms with van der Waals surface area (Å²) in [7, 11) is 0. The number of ether oxygens (including phenoxy) is 1. The number of hydrogen-bond acceptors (Lipinski definition) is 4. The molecule has 0 atom stereocenters. The Morgan fingerprint density at radius 2 is 1.88 bits per heavy atom. The summed E-state index contributed by atoms with van der Waals surface area (Å²) in [5, 5.41) is 3.39. The van der Waals surface area contributed by atoms with Gasteiger partial charge >= 0.3 is 6.09 Å². The van der Waals surface area contributed by atoms with Crippen LogP contribution in [0.25, 0.3) is 0 Å². The van der Waals surface area contributed by atoms with Gasteiger partial charge in [0.2, 0.25) is 0 Å². The Labute approximate surface area is 103 Å². The Balaban J connectivity index is 1.75. The van der Waals surface area contributed by atoms with Crippen LogP contribution in [0.4, 0.5) is 4.79 Å². The molecule has 0 aliphatic carbocycles. The van der Waals surface area contributed by atoms with Crippen LogP contribution in [0.5, 0.6) is 0 Å². The number of piperidine rings is 1. The zero-order chi connectivity index (χ0) is 12.1. The van der Waals surface area contributed by atoms with Gasteiger partial charge in [0.25, 0.3) is 0 Å². The molecule has 98 valence electrons. The van der Waals surface area contributed by atoms with Crippen LogP contribution in [0.15, 0.2) is 0 Å². The highest BCUT2D eigenvalue weighted by Crippen LogP contribution is 2.14. The van der Waals surface area contributed by atoms with Crippen molar-refractivity contribution in [1.82, 2.24) is 15.1 Å². The average Bonchev–Trinajstić information content (AvgIpc) is 2.40. The fourth-order valence-electron chi connectivity index (χ4n) is 2.66. The summed E-state index contributed by atoms with van der Waals surface area (Å²) in [5.41, 5.74) is 0. The van der Waals surface area contributed by atoms with Crippen molar-refractivity contribution < 1.29 is 9.53 Å². The summed E-state index contributed by atoms with van der Waals surface area (Å²) in [5.74, 6) is 0. The Hall–Kier alpha value is -0.810. The molecule has 1 amide bonds. The van der Waals surface area contributed by atoms with Gasteiger partial charge in [-0.05, 0) is 32.9 Å². The van der Waals surface area contributed by atoms with E-state index in [9.17, 15) is 4.79 Å². The van der Waals surface area contributed by atoms with Crippen molar-refractivity contribution in [2.24, 2.45) is 0 Å². The standard InChI is InChI=1S/C12H23N3O2/c1-2-17-12(16)15-9-7-14(8-10-15)11-3-5-13-6-4-11/h11,13H,2-10H2,1H3. The van der Waals surface area contributed by atoms with Gasteiger partial charge in [0.05, 0.1) is 6.61 Å². The minimum Gasteiger partial charge on any atom is -0.450 e. The summed E-state index contributed by atoms with van der Waals surface area (Å²) in [4.78, 5) is 15.9. The van der Waals surface area contributed by atoms with Crippen LogP contribution in [0.1, 0.15) is 19.8 Å². The van der Waals surface area contributed by atoms with E-state index in [0.717, 1.165) is 39.3 Å². The van der Waals surface area contributed by atoms with E-state index in [0.29, 0.717) is 12.6 Å². The molecule has 2 aliphatic heterocycles. The quantitative estimate of drug-likeness (QED) is 0.765. The smallest absolute Gasteiger partial charge is 0.409 e. The third kappa shape index (κ3) is 3.33. The lowest BCUT2D eigenvalue weighted by atomic mass is 10.0.